The Bertz CT molecular complexity index is 1090. The molecule has 0 spiro atoms. The molecule has 1 aromatic carbocycles. The Hall–Kier alpha value is -2.60. The number of hydrogen-bond donors (Lipinski definition) is 1. The van der Waals surface area contributed by atoms with E-state index >= 15 is 0 Å². The minimum Gasteiger partial charge on any atom is -0.344 e. The normalized spacial score (nSPS) is 20.8. The predicted octanol–water partition coefficient (Wildman–Crippen LogP) is 2.74. The first-order valence-corrected chi connectivity index (χ1v) is 11.0. The Kier molecular flexibility index (Phi) is 4.89. The van der Waals surface area contributed by atoms with Gasteiger partial charge >= 0.3 is 0 Å². The summed E-state index contributed by atoms with van der Waals surface area (Å²) in [4.78, 5) is 39.6. The highest BCUT2D eigenvalue weighted by Gasteiger charge is 2.34. The lowest BCUT2D eigenvalue weighted by Crippen LogP contribution is -2.47. The van der Waals surface area contributed by atoms with E-state index in [1.807, 2.05) is 33.7 Å². The maximum absolute atomic E-state index is 13.4. The fraction of sp³-hybridized carbons (Fsp3) is 0.435. The third kappa shape index (κ3) is 3.65. The monoisotopic (exact) mass is 425 g/mol. The second-order valence-corrected chi connectivity index (χ2v) is 9.00. The molecular formula is C23H24ClN3O3. The van der Waals surface area contributed by atoms with Gasteiger partial charge in [-0.3, -0.25) is 14.4 Å². The summed E-state index contributed by atoms with van der Waals surface area (Å²) in [6.07, 6.45) is 3.93. The van der Waals surface area contributed by atoms with Crippen LogP contribution in [0.4, 0.5) is 0 Å². The summed E-state index contributed by atoms with van der Waals surface area (Å²) in [6, 6.07) is 8.86. The molecule has 6 nitrogen and oxygen atoms in total. The molecule has 2 aliphatic heterocycles. The van der Waals surface area contributed by atoms with Crippen molar-refractivity contribution >= 4 is 23.4 Å². The van der Waals surface area contributed by atoms with Crippen molar-refractivity contribution in [3.8, 4) is 11.1 Å². The van der Waals surface area contributed by atoms with Crippen molar-refractivity contribution in [3.63, 3.8) is 0 Å². The maximum Gasteiger partial charge on any atom is 0.258 e. The molecular weight excluding hydrogens is 402 g/mol. The Morgan fingerprint density at radius 3 is 2.67 bits per heavy atom. The van der Waals surface area contributed by atoms with Gasteiger partial charge in [-0.2, -0.15) is 0 Å². The van der Waals surface area contributed by atoms with Gasteiger partial charge in [-0.05, 0) is 54.5 Å². The number of carbonyl (C=O) groups excluding carboxylic acids is 2. The molecule has 156 valence electrons. The van der Waals surface area contributed by atoms with Gasteiger partial charge in [0.05, 0.1) is 0 Å². The van der Waals surface area contributed by atoms with Crippen LogP contribution in [0.25, 0.3) is 11.1 Å². The molecule has 1 aromatic heterocycles. The number of nitrogens with one attached hydrogen (secondary N) is 1. The fourth-order valence-corrected chi connectivity index (χ4v) is 4.73. The number of benzene rings is 1. The lowest BCUT2D eigenvalue weighted by atomic mass is 9.98. The minimum atomic E-state index is -0.427. The van der Waals surface area contributed by atoms with E-state index in [4.69, 9.17) is 11.6 Å². The molecule has 5 rings (SSSR count). The summed E-state index contributed by atoms with van der Waals surface area (Å²) in [5.41, 5.74) is 3.49. The highest BCUT2D eigenvalue weighted by Crippen LogP contribution is 2.32. The maximum atomic E-state index is 13.4. The van der Waals surface area contributed by atoms with Crippen molar-refractivity contribution in [2.45, 2.75) is 51.2 Å². The van der Waals surface area contributed by atoms with Crippen LogP contribution in [0.15, 0.2) is 35.1 Å². The van der Waals surface area contributed by atoms with E-state index in [0.29, 0.717) is 48.9 Å². The van der Waals surface area contributed by atoms with Crippen LogP contribution in [0.5, 0.6) is 0 Å². The summed E-state index contributed by atoms with van der Waals surface area (Å²) in [6.45, 7) is 1.76. The standard InChI is InChI=1S/C23H24ClN3O3/c24-17-3-1-2-15(10-17)18-11-16-13-26(23(30)19-6-7-21(28)25-19)9-8-20(16)27(22(18)29)12-14-4-5-14/h1-3,10-11,14,19H,4-9,12-13H2,(H,25,28). The second kappa shape index (κ2) is 7.58. The van der Waals surface area contributed by atoms with E-state index in [-0.39, 0.29) is 17.4 Å². The van der Waals surface area contributed by atoms with Gasteiger partial charge < -0.3 is 14.8 Å². The summed E-state index contributed by atoms with van der Waals surface area (Å²) in [5, 5.41) is 3.36. The first-order valence-electron chi connectivity index (χ1n) is 10.6. The highest BCUT2D eigenvalue weighted by molar-refractivity contribution is 6.30. The Morgan fingerprint density at radius 2 is 1.97 bits per heavy atom. The van der Waals surface area contributed by atoms with Crippen molar-refractivity contribution < 1.29 is 9.59 Å². The van der Waals surface area contributed by atoms with Gasteiger partial charge in [-0.1, -0.05) is 23.7 Å². The molecule has 3 heterocycles. The van der Waals surface area contributed by atoms with Crippen molar-refractivity contribution in [1.82, 2.24) is 14.8 Å². The number of pyridine rings is 1. The number of rotatable bonds is 4. The highest BCUT2D eigenvalue weighted by atomic mass is 35.5. The number of aromatic nitrogens is 1. The summed E-state index contributed by atoms with van der Waals surface area (Å²) >= 11 is 6.18. The zero-order chi connectivity index (χ0) is 20.8. The molecule has 2 fully saturated rings. The van der Waals surface area contributed by atoms with E-state index in [2.05, 4.69) is 5.32 Å². The van der Waals surface area contributed by atoms with Crippen LogP contribution in [0.2, 0.25) is 5.02 Å². The van der Waals surface area contributed by atoms with Crippen LogP contribution in [0.3, 0.4) is 0 Å². The topological polar surface area (TPSA) is 71.4 Å². The number of carbonyl (C=O) groups is 2. The Morgan fingerprint density at radius 1 is 1.13 bits per heavy atom. The third-order valence-corrected chi connectivity index (χ3v) is 6.58. The number of hydrogen-bond acceptors (Lipinski definition) is 3. The fourth-order valence-electron chi connectivity index (χ4n) is 4.54. The molecule has 7 heteroatoms. The summed E-state index contributed by atoms with van der Waals surface area (Å²) < 4.78 is 1.93. The zero-order valence-electron chi connectivity index (χ0n) is 16.7. The molecule has 1 aliphatic carbocycles. The lowest BCUT2D eigenvalue weighted by molar-refractivity contribution is -0.135. The van der Waals surface area contributed by atoms with Crippen molar-refractivity contribution in [2.75, 3.05) is 6.54 Å². The van der Waals surface area contributed by atoms with Crippen LogP contribution in [0, 0.1) is 5.92 Å². The number of fused-ring (bicyclic) bond motifs is 1. The Balaban J connectivity index is 1.52. The molecule has 1 atom stereocenters. The third-order valence-electron chi connectivity index (χ3n) is 6.35. The quantitative estimate of drug-likeness (QED) is 0.818. The molecule has 3 aliphatic rings. The van der Waals surface area contributed by atoms with Crippen LogP contribution in [-0.2, 0) is 29.1 Å². The Labute approximate surface area is 179 Å². The molecule has 0 bridgehead atoms. The van der Waals surface area contributed by atoms with Gasteiger partial charge in [0.25, 0.3) is 5.56 Å². The van der Waals surface area contributed by atoms with Crippen LogP contribution in [0.1, 0.15) is 36.9 Å². The zero-order valence-corrected chi connectivity index (χ0v) is 17.5. The molecule has 1 saturated heterocycles. The molecule has 30 heavy (non-hydrogen) atoms. The molecule has 2 aromatic rings. The van der Waals surface area contributed by atoms with Crippen molar-refractivity contribution in [1.29, 1.82) is 0 Å². The van der Waals surface area contributed by atoms with Gasteiger partial charge in [0.15, 0.2) is 0 Å². The van der Waals surface area contributed by atoms with Gasteiger partial charge in [0, 0.05) is 48.8 Å². The van der Waals surface area contributed by atoms with E-state index in [1.54, 1.807) is 6.07 Å². The largest absolute Gasteiger partial charge is 0.344 e. The molecule has 1 unspecified atom stereocenters. The predicted molar refractivity (Wildman–Crippen MR) is 114 cm³/mol. The number of nitrogens with zero attached hydrogens (tertiary/aromatic N) is 2. The van der Waals surface area contributed by atoms with E-state index < -0.39 is 6.04 Å². The van der Waals surface area contributed by atoms with E-state index in [9.17, 15) is 14.4 Å². The summed E-state index contributed by atoms with van der Waals surface area (Å²) in [7, 11) is 0. The lowest BCUT2D eigenvalue weighted by Gasteiger charge is -2.32. The number of halogens is 1. The van der Waals surface area contributed by atoms with Crippen LogP contribution >= 0.6 is 11.6 Å². The molecule has 1 saturated carbocycles. The molecule has 2 amide bonds. The van der Waals surface area contributed by atoms with Crippen LogP contribution in [-0.4, -0.2) is 33.9 Å². The van der Waals surface area contributed by atoms with Crippen molar-refractivity contribution in [3.05, 3.63) is 57.0 Å². The average molecular weight is 426 g/mol. The van der Waals surface area contributed by atoms with E-state index in [0.717, 1.165) is 36.2 Å². The second-order valence-electron chi connectivity index (χ2n) is 8.57. The SMILES string of the molecule is O=C1CCC(C(=O)N2CCc3c(cc(-c4cccc(Cl)c4)c(=O)n3CC3CC3)C2)N1. The van der Waals surface area contributed by atoms with Gasteiger partial charge in [-0.25, -0.2) is 0 Å². The first-order chi connectivity index (χ1) is 14.5. The minimum absolute atomic E-state index is 0.0192. The molecule has 1 N–H and O–H groups in total. The average Bonchev–Trinajstić information content (AvgIpc) is 3.46. The molecule has 0 radical (unpaired) electrons. The van der Waals surface area contributed by atoms with Gasteiger partial charge in [0.1, 0.15) is 6.04 Å². The van der Waals surface area contributed by atoms with E-state index in [1.165, 1.54) is 0 Å². The number of amides is 2. The van der Waals surface area contributed by atoms with Crippen molar-refractivity contribution in [2.24, 2.45) is 5.92 Å². The first kappa shape index (κ1) is 19.4. The van der Waals surface area contributed by atoms with Gasteiger partial charge in [0.2, 0.25) is 11.8 Å². The van der Waals surface area contributed by atoms with Gasteiger partial charge in [-0.15, -0.1) is 0 Å². The van der Waals surface area contributed by atoms with Crippen LogP contribution < -0.4 is 10.9 Å². The summed E-state index contributed by atoms with van der Waals surface area (Å²) in [5.74, 6) is 0.470. The smallest absolute Gasteiger partial charge is 0.258 e.